The van der Waals surface area contributed by atoms with E-state index < -0.39 is 0 Å². The molecule has 1 N–H and O–H groups in total. The number of methoxy groups -OCH3 is 1. The lowest BCUT2D eigenvalue weighted by atomic mass is 9.87. The summed E-state index contributed by atoms with van der Waals surface area (Å²) in [5.74, 6) is 1.06. The van der Waals surface area contributed by atoms with Gasteiger partial charge in [0.2, 0.25) is 0 Å². The van der Waals surface area contributed by atoms with Gasteiger partial charge in [0.05, 0.1) is 12.1 Å². The molecule has 130 valence electrons. The van der Waals surface area contributed by atoms with Crippen molar-refractivity contribution < 1.29 is 4.74 Å². The van der Waals surface area contributed by atoms with Crippen molar-refractivity contribution in [3.63, 3.8) is 0 Å². The molecule has 0 fully saturated rings. The largest absolute Gasteiger partial charge is 0.495 e. The third kappa shape index (κ3) is 3.48. The molecule has 25 heavy (non-hydrogen) atoms. The molecule has 3 aromatic rings. The Balaban J connectivity index is 0.00000182. The van der Waals surface area contributed by atoms with E-state index in [4.69, 9.17) is 16.3 Å². The van der Waals surface area contributed by atoms with Crippen molar-refractivity contribution in [2.24, 2.45) is 0 Å². The van der Waals surface area contributed by atoms with Crippen molar-refractivity contribution in [2.45, 2.75) is 12.3 Å². The van der Waals surface area contributed by atoms with Gasteiger partial charge in [0, 0.05) is 12.5 Å². The van der Waals surface area contributed by atoms with Crippen LogP contribution in [0.5, 0.6) is 5.75 Å². The number of fused-ring (bicyclic) bond motifs is 2. The third-order valence-electron chi connectivity index (χ3n) is 4.88. The highest BCUT2D eigenvalue weighted by Gasteiger charge is 2.22. The Hall–Kier alpha value is -1.74. The van der Waals surface area contributed by atoms with E-state index in [0.29, 0.717) is 10.9 Å². The molecule has 3 aromatic carbocycles. The minimum atomic E-state index is 0. The Labute approximate surface area is 159 Å². The molecular formula is C21H21Cl2NO. The van der Waals surface area contributed by atoms with Crippen LogP contribution in [0.15, 0.2) is 54.6 Å². The number of halogens is 2. The predicted molar refractivity (Wildman–Crippen MR) is 108 cm³/mol. The zero-order valence-corrected chi connectivity index (χ0v) is 15.7. The smallest absolute Gasteiger partial charge is 0.137 e. The molecule has 0 radical (unpaired) electrons. The second-order valence-electron chi connectivity index (χ2n) is 6.30. The van der Waals surface area contributed by atoms with Crippen LogP contribution in [-0.2, 0) is 6.42 Å². The Morgan fingerprint density at radius 2 is 1.84 bits per heavy atom. The molecule has 1 atom stereocenters. The fourth-order valence-electron chi connectivity index (χ4n) is 3.61. The first-order chi connectivity index (χ1) is 11.8. The Morgan fingerprint density at radius 3 is 2.64 bits per heavy atom. The molecular weight excluding hydrogens is 353 g/mol. The van der Waals surface area contributed by atoms with Gasteiger partial charge in [0.1, 0.15) is 5.75 Å². The van der Waals surface area contributed by atoms with E-state index in [2.05, 4.69) is 59.9 Å². The van der Waals surface area contributed by atoms with Crippen molar-refractivity contribution in [2.75, 3.05) is 20.2 Å². The van der Waals surface area contributed by atoms with E-state index in [1.54, 1.807) is 7.11 Å². The minimum absolute atomic E-state index is 0. The lowest BCUT2D eigenvalue weighted by Gasteiger charge is -2.20. The van der Waals surface area contributed by atoms with Crippen molar-refractivity contribution >= 4 is 34.8 Å². The highest BCUT2D eigenvalue weighted by molar-refractivity contribution is 6.32. The van der Waals surface area contributed by atoms with E-state index in [1.807, 2.05) is 0 Å². The van der Waals surface area contributed by atoms with E-state index in [9.17, 15) is 0 Å². The van der Waals surface area contributed by atoms with Gasteiger partial charge in [-0.25, -0.2) is 0 Å². The maximum Gasteiger partial charge on any atom is 0.137 e. The molecule has 4 heteroatoms. The fourth-order valence-corrected chi connectivity index (χ4v) is 3.87. The molecule has 0 amide bonds. The number of hydrogen-bond acceptors (Lipinski definition) is 2. The Morgan fingerprint density at radius 1 is 1.04 bits per heavy atom. The molecule has 0 aliphatic carbocycles. The van der Waals surface area contributed by atoms with Crippen molar-refractivity contribution in [3.05, 3.63) is 76.3 Å². The maximum atomic E-state index is 6.34. The average Bonchev–Trinajstić information content (AvgIpc) is 2.82. The third-order valence-corrected chi connectivity index (χ3v) is 5.18. The molecule has 1 unspecified atom stereocenters. The highest BCUT2D eigenvalue weighted by Crippen LogP contribution is 2.36. The summed E-state index contributed by atoms with van der Waals surface area (Å²) < 4.78 is 5.45. The quantitative estimate of drug-likeness (QED) is 0.666. The van der Waals surface area contributed by atoms with Gasteiger partial charge in [-0.1, -0.05) is 54.1 Å². The molecule has 0 aromatic heterocycles. The van der Waals surface area contributed by atoms with Crippen LogP contribution in [0.2, 0.25) is 5.02 Å². The summed E-state index contributed by atoms with van der Waals surface area (Å²) in [6.45, 7) is 1.90. The highest BCUT2D eigenvalue weighted by atomic mass is 35.5. The van der Waals surface area contributed by atoms with Gasteiger partial charge in [-0.3, -0.25) is 0 Å². The first-order valence-electron chi connectivity index (χ1n) is 8.32. The minimum Gasteiger partial charge on any atom is -0.495 e. The molecule has 0 saturated heterocycles. The summed E-state index contributed by atoms with van der Waals surface area (Å²) in [4.78, 5) is 0. The van der Waals surface area contributed by atoms with Gasteiger partial charge < -0.3 is 10.1 Å². The van der Waals surface area contributed by atoms with Gasteiger partial charge in [0.15, 0.2) is 0 Å². The molecule has 1 aliphatic rings. The SMILES string of the molecule is COc1cc2c(cc1Cl)CCNCC2c1ccc2ccccc2c1.Cl. The molecule has 0 saturated carbocycles. The Kier molecular flexibility index (Phi) is 5.53. The molecule has 0 spiro atoms. The lowest BCUT2D eigenvalue weighted by molar-refractivity contribution is 0.414. The lowest BCUT2D eigenvalue weighted by Crippen LogP contribution is -2.20. The summed E-state index contributed by atoms with van der Waals surface area (Å²) in [6.07, 6.45) is 0.989. The number of ether oxygens (including phenoxy) is 1. The molecule has 0 bridgehead atoms. The van der Waals surface area contributed by atoms with Crippen LogP contribution < -0.4 is 10.1 Å². The maximum absolute atomic E-state index is 6.34. The van der Waals surface area contributed by atoms with Gasteiger partial charge in [-0.05, 0) is 52.6 Å². The first kappa shape index (κ1) is 18.1. The summed E-state index contributed by atoms with van der Waals surface area (Å²) >= 11 is 6.34. The molecule has 2 nitrogen and oxygen atoms in total. The van der Waals surface area contributed by atoms with E-state index in [0.717, 1.165) is 25.3 Å². The van der Waals surface area contributed by atoms with Gasteiger partial charge >= 0.3 is 0 Å². The number of benzene rings is 3. The van der Waals surface area contributed by atoms with Crippen LogP contribution in [0.4, 0.5) is 0 Å². The molecule has 1 heterocycles. The monoisotopic (exact) mass is 373 g/mol. The number of rotatable bonds is 2. The van der Waals surface area contributed by atoms with E-state index in [1.165, 1.54) is 27.5 Å². The van der Waals surface area contributed by atoms with Crippen LogP contribution in [0.3, 0.4) is 0 Å². The average molecular weight is 374 g/mol. The summed E-state index contributed by atoms with van der Waals surface area (Å²) in [7, 11) is 1.67. The van der Waals surface area contributed by atoms with Gasteiger partial charge in [-0.2, -0.15) is 0 Å². The summed E-state index contributed by atoms with van der Waals surface area (Å²) in [5, 5.41) is 6.81. The van der Waals surface area contributed by atoms with Crippen LogP contribution in [0, 0.1) is 0 Å². The van der Waals surface area contributed by atoms with Crippen molar-refractivity contribution in [1.29, 1.82) is 0 Å². The van der Waals surface area contributed by atoms with Gasteiger partial charge in [0.25, 0.3) is 0 Å². The number of nitrogens with one attached hydrogen (secondary N) is 1. The van der Waals surface area contributed by atoms with E-state index in [-0.39, 0.29) is 12.4 Å². The topological polar surface area (TPSA) is 21.3 Å². The number of hydrogen-bond donors (Lipinski definition) is 1. The second-order valence-corrected chi connectivity index (χ2v) is 6.71. The standard InChI is InChI=1S/C21H20ClNO.ClH/c1-24-21-12-18-17(11-20(21)22)8-9-23-13-19(18)16-7-6-14-4-2-3-5-15(14)10-16;/h2-7,10-12,19,23H,8-9,13H2,1H3;1H. The van der Waals surface area contributed by atoms with Crippen LogP contribution >= 0.6 is 24.0 Å². The first-order valence-corrected chi connectivity index (χ1v) is 8.70. The second kappa shape index (κ2) is 7.65. The zero-order chi connectivity index (χ0) is 16.5. The van der Waals surface area contributed by atoms with Crippen LogP contribution in [0.25, 0.3) is 10.8 Å². The molecule has 1 aliphatic heterocycles. The van der Waals surface area contributed by atoms with Crippen LogP contribution in [0.1, 0.15) is 22.6 Å². The fraction of sp³-hybridized carbons (Fsp3) is 0.238. The summed E-state index contributed by atoms with van der Waals surface area (Å²) in [5.41, 5.74) is 3.95. The van der Waals surface area contributed by atoms with Crippen LogP contribution in [-0.4, -0.2) is 20.2 Å². The summed E-state index contributed by atoms with van der Waals surface area (Å²) in [6, 6.07) is 19.4. The normalized spacial score (nSPS) is 16.6. The van der Waals surface area contributed by atoms with E-state index >= 15 is 0 Å². The zero-order valence-electron chi connectivity index (χ0n) is 14.1. The Bertz CT molecular complexity index is 894. The molecule has 4 rings (SSSR count). The van der Waals surface area contributed by atoms with Gasteiger partial charge in [-0.15, -0.1) is 12.4 Å². The van der Waals surface area contributed by atoms with Crippen molar-refractivity contribution in [3.8, 4) is 5.75 Å². The predicted octanol–water partition coefficient (Wildman–Crippen LogP) is 5.20. The van der Waals surface area contributed by atoms with Crippen molar-refractivity contribution in [1.82, 2.24) is 5.32 Å².